The van der Waals surface area contributed by atoms with Crippen molar-refractivity contribution in [3.63, 3.8) is 0 Å². The number of carbonyl (C=O) groups excluding carboxylic acids is 1. The van der Waals surface area contributed by atoms with Gasteiger partial charge < -0.3 is 4.74 Å². The molecule has 98 valence electrons. The van der Waals surface area contributed by atoms with Crippen molar-refractivity contribution in [2.75, 3.05) is 7.11 Å². The van der Waals surface area contributed by atoms with E-state index in [1.165, 1.54) is 7.11 Å². The van der Waals surface area contributed by atoms with Crippen molar-refractivity contribution in [2.45, 2.75) is 6.42 Å². The third-order valence-corrected chi connectivity index (χ3v) is 3.33. The maximum atomic E-state index is 12.2. The molecular formula is C14H11Cl2NO2. The molecule has 0 bridgehead atoms. The van der Waals surface area contributed by atoms with E-state index in [4.69, 9.17) is 27.9 Å². The lowest BCUT2D eigenvalue weighted by Gasteiger charge is -2.06. The number of halogens is 2. The Balaban J connectivity index is 2.25. The van der Waals surface area contributed by atoms with Gasteiger partial charge in [0.2, 0.25) is 5.88 Å². The molecule has 0 aliphatic heterocycles. The van der Waals surface area contributed by atoms with E-state index in [0.717, 1.165) is 0 Å². The maximum Gasteiger partial charge on any atom is 0.213 e. The molecule has 1 aromatic heterocycles. The highest BCUT2D eigenvalue weighted by Gasteiger charge is 2.14. The smallest absolute Gasteiger partial charge is 0.213 e. The number of methoxy groups -OCH3 is 1. The summed E-state index contributed by atoms with van der Waals surface area (Å²) in [5, 5.41) is 0.951. The van der Waals surface area contributed by atoms with Gasteiger partial charge in [0.15, 0.2) is 5.78 Å². The third-order valence-electron chi connectivity index (χ3n) is 2.62. The zero-order valence-electron chi connectivity index (χ0n) is 10.2. The van der Waals surface area contributed by atoms with Crippen LogP contribution in [0, 0.1) is 0 Å². The van der Waals surface area contributed by atoms with Crippen molar-refractivity contribution in [3.05, 3.63) is 57.7 Å². The van der Waals surface area contributed by atoms with Gasteiger partial charge in [-0.1, -0.05) is 35.3 Å². The van der Waals surface area contributed by atoms with Gasteiger partial charge in [0, 0.05) is 22.5 Å². The third kappa shape index (κ3) is 3.25. The first-order chi connectivity index (χ1) is 9.11. The Hall–Kier alpha value is -1.58. The molecule has 0 atom stereocenters. The van der Waals surface area contributed by atoms with Gasteiger partial charge in [-0.25, -0.2) is 4.98 Å². The number of benzene rings is 1. The average molecular weight is 296 g/mol. The minimum absolute atomic E-state index is 0.110. The van der Waals surface area contributed by atoms with Crippen LogP contribution in [-0.4, -0.2) is 17.9 Å². The van der Waals surface area contributed by atoms with Gasteiger partial charge in [0.25, 0.3) is 0 Å². The zero-order chi connectivity index (χ0) is 13.8. The lowest BCUT2D eigenvalue weighted by molar-refractivity contribution is 0.0987. The van der Waals surface area contributed by atoms with Crippen LogP contribution in [0.4, 0.5) is 0 Å². The molecule has 0 fully saturated rings. The second-order valence-corrected chi connectivity index (χ2v) is 4.68. The highest BCUT2D eigenvalue weighted by molar-refractivity contribution is 6.36. The fourth-order valence-electron chi connectivity index (χ4n) is 1.64. The largest absolute Gasteiger partial charge is 0.481 e. The fourth-order valence-corrected chi connectivity index (χ4v) is 2.17. The summed E-state index contributed by atoms with van der Waals surface area (Å²) in [6.07, 6.45) is 0.110. The Labute approximate surface area is 121 Å². The number of ketones is 1. The number of pyridine rings is 1. The number of rotatable bonds is 4. The summed E-state index contributed by atoms with van der Waals surface area (Å²) in [5.41, 5.74) is 0.941. The number of hydrogen-bond donors (Lipinski definition) is 0. The molecule has 0 N–H and O–H groups in total. The van der Waals surface area contributed by atoms with Gasteiger partial charge in [-0.05, 0) is 23.8 Å². The Morgan fingerprint density at radius 2 is 1.79 bits per heavy atom. The second kappa shape index (κ2) is 6.04. The van der Waals surface area contributed by atoms with Crippen LogP contribution in [0.3, 0.4) is 0 Å². The number of hydrogen-bond acceptors (Lipinski definition) is 3. The minimum Gasteiger partial charge on any atom is -0.481 e. The van der Waals surface area contributed by atoms with Gasteiger partial charge in [-0.15, -0.1) is 0 Å². The Kier molecular flexibility index (Phi) is 4.40. The molecule has 0 aliphatic carbocycles. The molecule has 19 heavy (non-hydrogen) atoms. The van der Waals surface area contributed by atoms with Crippen LogP contribution in [0.15, 0.2) is 36.4 Å². The summed E-state index contributed by atoms with van der Waals surface area (Å²) in [6, 6.07) is 10.2. The Morgan fingerprint density at radius 3 is 2.42 bits per heavy atom. The molecule has 0 radical (unpaired) electrons. The van der Waals surface area contributed by atoms with E-state index < -0.39 is 0 Å². The van der Waals surface area contributed by atoms with Crippen molar-refractivity contribution in [1.82, 2.24) is 4.98 Å². The van der Waals surface area contributed by atoms with Crippen LogP contribution in [0.2, 0.25) is 10.0 Å². The van der Waals surface area contributed by atoms with Crippen LogP contribution in [0.25, 0.3) is 0 Å². The number of carbonyl (C=O) groups is 1. The molecule has 0 aliphatic rings. The predicted octanol–water partition coefficient (Wildman–Crippen LogP) is 3.82. The van der Waals surface area contributed by atoms with Crippen molar-refractivity contribution < 1.29 is 9.53 Å². The summed E-state index contributed by atoms with van der Waals surface area (Å²) in [7, 11) is 1.50. The summed E-state index contributed by atoms with van der Waals surface area (Å²) in [4.78, 5) is 16.2. The van der Waals surface area contributed by atoms with Gasteiger partial charge in [0.1, 0.15) is 5.69 Å². The molecule has 2 aromatic rings. The van der Waals surface area contributed by atoms with Gasteiger partial charge in [0.05, 0.1) is 7.11 Å². The average Bonchev–Trinajstić information content (AvgIpc) is 2.43. The summed E-state index contributed by atoms with van der Waals surface area (Å²) < 4.78 is 4.99. The Bertz CT molecular complexity index is 594. The second-order valence-electron chi connectivity index (χ2n) is 3.87. The SMILES string of the molecule is COc1cccc(C(=O)Cc2c(Cl)cccc2Cl)n1. The van der Waals surface area contributed by atoms with Crippen LogP contribution in [-0.2, 0) is 6.42 Å². The van der Waals surface area contributed by atoms with Gasteiger partial charge in [-0.3, -0.25) is 4.79 Å². The molecule has 0 saturated carbocycles. The first kappa shape index (κ1) is 13.8. The van der Waals surface area contributed by atoms with Crippen LogP contribution in [0.1, 0.15) is 16.1 Å². The van der Waals surface area contributed by atoms with Crippen molar-refractivity contribution in [3.8, 4) is 5.88 Å². The molecule has 5 heteroatoms. The van der Waals surface area contributed by atoms with Gasteiger partial charge >= 0.3 is 0 Å². The Morgan fingerprint density at radius 1 is 1.16 bits per heavy atom. The summed E-state index contributed by atoms with van der Waals surface area (Å²) >= 11 is 12.1. The van der Waals surface area contributed by atoms with E-state index in [2.05, 4.69) is 4.98 Å². The highest BCUT2D eigenvalue weighted by Crippen LogP contribution is 2.25. The first-order valence-corrected chi connectivity index (χ1v) is 6.34. The van der Waals surface area contributed by atoms with Crippen molar-refractivity contribution in [1.29, 1.82) is 0 Å². The number of aromatic nitrogens is 1. The van der Waals surface area contributed by atoms with Gasteiger partial charge in [-0.2, -0.15) is 0 Å². The standard InChI is InChI=1S/C14H11Cl2NO2/c1-19-14-7-3-6-12(17-14)13(18)8-9-10(15)4-2-5-11(9)16/h2-7H,8H2,1H3. The van der Waals surface area contributed by atoms with Crippen molar-refractivity contribution >= 4 is 29.0 Å². The molecule has 1 aromatic carbocycles. The van der Waals surface area contributed by atoms with E-state index in [9.17, 15) is 4.79 Å². The molecule has 0 amide bonds. The number of Topliss-reactive ketones (excluding diaryl/α,β-unsaturated/α-hetero) is 1. The quantitative estimate of drug-likeness (QED) is 0.805. The highest BCUT2D eigenvalue weighted by atomic mass is 35.5. The van der Waals surface area contributed by atoms with E-state index in [1.54, 1.807) is 36.4 Å². The summed E-state index contributed by atoms with van der Waals surface area (Å²) in [5.74, 6) is 0.241. The van der Waals surface area contributed by atoms with Crippen LogP contribution in [0.5, 0.6) is 5.88 Å². The summed E-state index contributed by atoms with van der Waals surface area (Å²) in [6.45, 7) is 0. The molecule has 2 rings (SSSR count). The molecule has 0 spiro atoms. The van der Waals surface area contributed by atoms with E-state index >= 15 is 0 Å². The number of nitrogens with zero attached hydrogens (tertiary/aromatic N) is 1. The molecule has 1 heterocycles. The maximum absolute atomic E-state index is 12.2. The lowest BCUT2D eigenvalue weighted by Crippen LogP contribution is -2.07. The fraction of sp³-hybridized carbons (Fsp3) is 0.143. The van der Waals surface area contributed by atoms with E-state index in [1.807, 2.05) is 0 Å². The normalized spacial score (nSPS) is 10.3. The van der Waals surface area contributed by atoms with Crippen molar-refractivity contribution in [2.24, 2.45) is 0 Å². The zero-order valence-corrected chi connectivity index (χ0v) is 11.7. The van der Waals surface area contributed by atoms with Crippen LogP contribution < -0.4 is 4.74 Å². The molecule has 3 nitrogen and oxygen atoms in total. The molecule has 0 unspecified atom stereocenters. The lowest BCUT2D eigenvalue weighted by atomic mass is 10.1. The first-order valence-electron chi connectivity index (χ1n) is 5.59. The minimum atomic E-state index is -0.158. The van der Waals surface area contributed by atoms with Crippen LogP contribution >= 0.6 is 23.2 Å². The topological polar surface area (TPSA) is 39.2 Å². The molecule has 0 saturated heterocycles. The number of ether oxygens (including phenoxy) is 1. The predicted molar refractivity (Wildman–Crippen MR) is 75.3 cm³/mol. The van der Waals surface area contributed by atoms with E-state index in [0.29, 0.717) is 27.2 Å². The van der Waals surface area contributed by atoms with E-state index in [-0.39, 0.29) is 12.2 Å². The monoisotopic (exact) mass is 295 g/mol. The molecular weight excluding hydrogens is 285 g/mol.